The van der Waals surface area contributed by atoms with Gasteiger partial charge in [-0.15, -0.1) is 0 Å². The molecule has 0 spiro atoms. The van der Waals surface area contributed by atoms with E-state index in [2.05, 4.69) is 20.8 Å². The molecule has 4 fully saturated rings. The minimum atomic E-state index is -0.748. The Bertz CT molecular complexity index is 637. The lowest BCUT2D eigenvalue weighted by Gasteiger charge is -2.63. The van der Waals surface area contributed by atoms with Crippen LogP contribution >= 0.6 is 0 Å². The van der Waals surface area contributed by atoms with Crippen LogP contribution in [0.3, 0.4) is 0 Å². The predicted octanol–water partition coefficient (Wildman–Crippen LogP) is 3.45. The van der Waals surface area contributed by atoms with Crippen molar-refractivity contribution >= 4 is 5.97 Å². The van der Waals surface area contributed by atoms with Gasteiger partial charge in [0.15, 0.2) is 0 Å². The number of carboxylic acids is 1. The summed E-state index contributed by atoms with van der Waals surface area (Å²) in [6.07, 6.45) is 5.87. The molecular formula is C24H40O5. The topological polar surface area (TPSA) is 98.0 Å². The van der Waals surface area contributed by atoms with Gasteiger partial charge in [0.05, 0.1) is 18.3 Å². The average Bonchev–Trinajstić information content (AvgIpc) is 3.02. The van der Waals surface area contributed by atoms with E-state index in [0.717, 1.165) is 44.9 Å². The van der Waals surface area contributed by atoms with E-state index in [0.29, 0.717) is 30.1 Å². The second kappa shape index (κ2) is 7.49. The number of aliphatic hydroxyl groups is 3. The zero-order valence-corrected chi connectivity index (χ0v) is 18.3. The molecule has 4 rings (SSSR count). The van der Waals surface area contributed by atoms with E-state index in [1.165, 1.54) is 0 Å². The van der Waals surface area contributed by atoms with Gasteiger partial charge in [-0.05, 0) is 97.7 Å². The third kappa shape index (κ3) is 3.27. The van der Waals surface area contributed by atoms with Crippen molar-refractivity contribution in [3.63, 3.8) is 0 Å². The minimum absolute atomic E-state index is 0.00309. The summed E-state index contributed by atoms with van der Waals surface area (Å²) in [5.74, 6) is 1.06. The molecule has 0 aromatic carbocycles. The van der Waals surface area contributed by atoms with Crippen LogP contribution in [0.2, 0.25) is 0 Å². The molecule has 0 aliphatic heterocycles. The number of rotatable bonds is 4. The summed E-state index contributed by atoms with van der Waals surface area (Å²) in [5, 5.41) is 41.7. The molecule has 0 aromatic heterocycles. The molecular weight excluding hydrogens is 368 g/mol. The molecule has 0 amide bonds. The highest BCUT2D eigenvalue weighted by Gasteiger charge is 2.65. The van der Waals surface area contributed by atoms with Gasteiger partial charge in [0.25, 0.3) is 0 Å². The maximum atomic E-state index is 11.3. The fraction of sp³-hybridized carbons (Fsp3) is 0.958. The van der Waals surface area contributed by atoms with Gasteiger partial charge in [-0.25, -0.2) is 0 Å². The van der Waals surface area contributed by atoms with Crippen molar-refractivity contribution in [2.75, 3.05) is 0 Å². The maximum Gasteiger partial charge on any atom is 0.303 e. The van der Waals surface area contributed by atoms with Gasteiger partial charge < -0.3 is 20.4 Å². The summed E-state index contributed by atoms with van der Waals surface area (Å²) >= 11 is 0. The van der Waals surface area contributed by atoms with Crippen LogP contribution in [0.1, 0.15) is 78.6 Å². The van der Waals surface area contributed by atoms with E-state index in [1.54, 1.807) is 0 Å². The first-order valence-corrected chi connectivity index (χ1v) is 11.9. The molecule has 5 nitrogen and oxygen atoms in total. The number of hydrogen-bond donors (Lipinski definition) is 4. The van der Waals surface area contributed by atoms with E-state index in [4.69, 9.17) is 5.11 Å². The van der Waals surface area contributed by atoms with Gasteiger partial charge >= 0.3 is 5.97 Å². The third-order valence-corrected chi connectivity index (χ3v) is 10.3. The molecule has 0 bridgehead atoms. The molecule has 4 aliphatic carbocycles. The second-order valence-corrected chi connectivity index (χ2v) is 11.5. The number of hydrogen-bond acceptors (Lipinski definition) is 4. The van der Waals surface area contributed by atoms with Gasteiger partial charge in [-0.1, -0.05) is 20.8 Å². The van der Waals surface area contributed by atoms with E-state index in [-0.39, 0.29) is 35.2 Å². The molecule has 29 heavy (non-hydrogen) atoms. The Hall–Kier alpha value is -0.650. The molecule has 4 N–H and O–H groups in total. The van der Waals surface area contributed by atoms with Crippen LogP contribution in [-0.2, 0) is 4.79 Å². The fourth-order valence-corrected chi connectivity index (χ4v) is 8.77. The molecule has 166 valence electrons. The van der Waals surface area contributed by atoms with Crippen molar-refractivity contribution in [2.45, 2.75) is 96.9 Å². The summed E-state index contributed by atoms with van der Waals surface area (Å²) in [5.41, 5.74) is 0.119. The van der Waals surface area contributed by atoms with Crippen LogP contribution in [0.4, 0.5) is 0 Å². The standard InChI is InChI=1S/C24H40O5/c1-13(4-7-19(26)27)15-5-6-16-20-17(9-11-23(15,16)2)24(3)10-8-14(25)12-18(24)21(28)22(20)29/h13-18,20-22,25,28-29H,4-12H2,1-3H3,(H,26,27)/t13-,14-,15-,16-,17-,18+,20+,21+,22-,23-,24-/m1/s1. The van der Waals surface area contributed by atoms with Crippen molar-refractivity contribution in [1.82, 2.24) is 0 Å². The van der Waals surface area contributed by atoms with Crippen LogP contribution in [0, 0.1) is 46.3 Å². The summed E-state index contributed by atoms with van der Waals surface area (Å²) in [4.78, 5) is 11.1. The number of fused-ring (bicyclic) bond motifs is 5. The van der Waals surface area contributed by atoms with E-state index < -0.39 is 18.2 Å². The zero-order valence-electron chi connectivity index (χ0n) is 18.3. The van der Waals surface area contributed by atoms with Gasteiger partial charge in [0, 0.05) is 6.42 Å². The zero-order chi connectivity index (χ0) is 21.1. The molecule has 0 aromatic rings. The Morgan fingerprint density at radius 2 is 1.59 bits per heavy atom. The molecule has 4 aliphatic rings. The first-order chi connectivity index (χ1) is 13.6. The largest absolute Gasteiger partial charge is 0.481 e. The van der Waals surface area contributed by atoms with E-state index >= 15 is 0 Å². The fourth-order valence-electron chi connectivity index (χ4n) is 8.77. The predicted molar refractivity (Wildman–Crippen MR) is 110 cm³/mol. The highest BCUT2D eigenvalue weighted by atomic mass is 16.4. The lowest BCUT2D eigenvalue weighted by atomic mass is 9.43. The van der Waals surface area contributed by atoms with Gasteiger partial charge in [0.2, 0.25) is 0 Å². The minimum Gasteiger partial charge on any atom is -0.481 e. The summed E-state index contributed by atoms with van der Waals surface area (Å²) < 4.78 is 0. The number of carbonyl (C=O) groups is 1. The van der Waals surface area contributed by atoms with Gasteiger partial charge in [0.1, 0.15) is 0 Å². The van der Waals surface area contributed by atoms with Crippen LogP contribution in [0.25, 0.3) is 0 Å². The smallest absolute Gasteiger partial charge is 0.303 e. The number of carboxylic acid groups (broad SMARTS) is 1. The maximum absolute atomic E-state index is 11.3. The molecule has 4 saturated carbocycles. The Kier molecular flexibility index (Phi) is 5.57. The van der Waals surface area contributed by atoms with Crippen molar-refractivity contribution in [3.8, 4) is 0 Å². The van der Waals surface area contributed by atoms with Crippen molar-refractivity contribution in [2.24, 2.45) is 46.3 Å². The quantitative estimate of drug-likeness (QED) is 0.571. The number of aliphatic hydroxyl groups excluding tert-OH is 3. The highest BCUT2D eigenvalue weighted by molar-refractivity contribution is 5.66. The van der Waals surface area contributed by atoms with Gasteiger partial charge in [-0.3, -0.25) is 4.79 Å². The molecule has 0 radical (unpaired) electrons. The molecule has 0 unspecified atom stereocenters. The van der Waals surface area contributed by atoms with Crippen LogP contribution in [0.15, 0.2) is 0 Å². The molecule has 0 saturated heterocycles. The third-order valence-electron chi connectivity index (χ3n) is 10.3. The highest BCUT2D eigenvalue weighted by Crippen LogP contribution is 2.68. The van der Waals surface area contributed by atoms with Crippen LogP contribution in [0.5, 0.6) is 0 Å². The lowest BCUT2D eigenvalue weighted by molar-refractivity contribution is -0.223. The summed E-state index contributed by atoms with van der Waals surface area (Å²) in [6.45, 7) is 6.89. The molecule has 5 heteroatoms. The first kappa shape index (κ1) is 21.6. The van der Waals surface area contributed by atoms with Crippen molar-refractivity contribution in [1.29, 1.82) is 0 Å². The first-order valence-electron chi connectivity index (χ1n) is 11.9. The lowest BCUT2D eigenvalue weighted by Crippen LogP contribution is -2.64. The van der Waals surface area contributed by atoms with E-state index in [9.17, 15) is 20.1 Å². The Morgan fingerprint density at radius 3 is 2.28 bits per heavy atom. The van der Waals surface area contributed by atoms with Gasteiger partial charge in [-0.2, -0.15) is 0 Å². The van der Waals surface area contributed by atoms with Crippen LogP contribution < -0.4 is 0 Å². The Labute approximate surface area is 174 Å². The summed E-state index contributed by atoms with van der Waals surface area (Å²) in [6, 6.07) is 0. The Balaban J connectivity index is 1.59. The molecule has 0 heterocycles. The Morgan fingerprint density at radius 1 is 0.931 bits per heavy atom. The monoisotopic (exact) mass is 408 g/mol. The SMILES string of the molecule is C[C@H](CCC(=O)O)[C@H]1CC[C@@H]2[C@@H]3[C@@H](O)[C@@H](O)[C@@H]4C[C@H](O)CC[C@]4(C)[C@@H]3CC[C@@]21C. The van der Waals surface area contributed by atoms with Crippen molar-refractivity contribution < 1.29 is 25.2 Å². The second-order valence-electron chi connectivity index (χ2n) is 11.5. The summed E-state index contributed by atoms with van der Waals surface area (Å²) in [7, 11) is 0. The molecule has 11 atom stereocenters. The normalized spacial score (nSPS) is 52.9. The van der Waals surface area contributed by atoms with E-state index in [1.807, 2.05) is 0 Å². The average molecular weight is 409 g/mol. The number of aliphatic carboxylic acids is 1. The van der Waals surface area contributed by atoms with Crippen molar-refractivity contribution in [3.05, 3.63) is 0 Å². The van der Waals surface area contributed by atoms with Crippen LogP contribution in [-0.4, -0.2) is 44.7 Å².